The van der Waals surface area contributed by atoms with Crippen molar-refractivity contribution in [1.82, 2.24) is 5.32 Å². The maximum absolute atomic E-state index is 12.5. The number of hydrogen-bond acceptors (Lipinski definition) is 2. The van der Waals surface area contributed by atoms with E-state index >= 15 is 0 Å². The third kappa shape index (κ3) is 3.92. The highest BCUT2D eigenvalue weighted by molar-refractivity contribution is 6.00. The average Bonchev–Trinajstić information content (AvgIpc) is 2.69. The molecule has 110 valence electrons. The number of nitrogens with one attached hydrogen (secondary N) is 1. The quantitative estimate of drug-likeness (QED) is 0.658. The normalized spacial score (nSPS) is 18.6. The van der Waals surface area contributed by atoms with E-state index in [2.05, 4.69) is 19.2 Å². The third-order valence-corrected chi connectivity index (χ3v) is 4.53. The molecule has 1 fully saturated rings. The highest BCUT2D eigenvalue weighted by Gasteiger charge is 2.20. The van der Waals surface area contributed by atoms with Crippen molar-refractivity contribution in [2.45, 2.75) is 71.4 Å². The number of hydrogen-bond donors (Lipinski definition) is 1. The molecule has 0 aromatic heterocycles. The first-order chi connectivity index (χ1) is 9.58. The zero-order valence-electron chi connectivity index (χ0n) is 13.0. The van der Waals surface area contributed by atoms with Crippen molar-refractivity contribution >= 4 is 5.78 Å². The lowest BCUT2D eigenvalue weighted by Gasteiger charge is -2.21. The number of carbonyl (C=O) groups excluding carboxylic acids is 1. The Morgan fingerprint density at radius 2 is 1.75 bits per heavy atom. The Hall–Kier alpha value is -1.15. The number of ketones is 1. The molecule has 1 saturated carbocycles. The van der Waals surface area contributed by atoms with Crippen molar-refractivity contribution in [2.75, 3.05) is 0 Å². The van der Waals surface area contributed by atoms with Crippen molar-refractivity contribution in [3.63, 3.8) is 0 Å². The molecule has 2 heteroatoms. The molecule has 1 aromatic rings. The molecule has 0 spiro atoms. The molecule has 1 aliphatic carbocycles. The summed E-state index contributed by atoms with van der Waals surface area (Å²) in [6.45, 7) is 6.15. The van der Waals surface area contributed by atoms with Crippen LogP contribution in [0.2, 0.25) is 0 Å². The second kappa shape index (κ2) is 7.03. The van der Waals surface area contributed by atoms with Gasteiger partial charge in [0.2, 0.25) is 0 Å². The number of benzene rings is 1. The summed E-state index contributed by atoms with van der Waals surface area (Å²) in [6.07, 6.45) is 7.70. The van der Waals surface area contributed by atoms with E-state index in [9.17, 15) is 4.79 Å². The fourth-order valence-electron chi connectivity index (χ4n) is 3.02. The SMILES string of the molecule is Cc1ccc(C(=O)C(C)NC2CCCCCC2)cc1C. The van der Waals surface area contributed by atoms with Crippen LogP contribution < -0.4 is 5.32 Å². The Labute approximate surface area is 123 Å². The summed E-state index contributed by atoms with van der Waals surface area (Å²) < 4.78 is 0. The van der Waals surface area contributed by atoms with E-state index in [4.69, 9.17) is 0 Å². The van der Waals surface area contributed by atoms with Crippen molar-refractivity contribution in [1.29, 1.82) is 0 Å². The smallest absolute Gasteiger partial charge is 0.179 e. The van der Waals surface area contributed by atoms with E-state index < -0.39 is 0 Å². The van der Waals surface area contributed by atoms with Crippen LogP contribution in [0.5, 0.6) is 0 Å². The third-order valence-electron chi connectivity index (χ3n) is 4.53. The first-order valence-corrected chi connectivity index (χ1v) is 7.95. The number of aryl methyl sites for hydroxylation is 2. The molecule has 0 bridgehead atoms. The molecular formula is C18H27NO. The summed E-state index contributed by atoms with van der Waals surface area (Å²) in [5.74, 6) is 0.220. The Bertz CT molecular complexity index is 458. The van der Waals surface area contributed by atoms with E-state index in [1.165, 1.54) is 49.7 Å². The fraction of sp³-hybridized carbons (Fsp3) is 0.611. The molecule has 1 atom stereocenters. The van der Waals surface area contributed by atoms with Gasteiger partial charge in [-0.25, -0.2) is 0 Å². The zero-order valence-corrected chi connectivity index (χ0v) is 13.0. The largest absolute Gasteiger partial charge is 0.305 e. The lowest BCUT2D eigenvalue weighted by atomic mass is 9.99. The van der Waals surface area contributed by atoms with Gasteiger partial charge >= 0.3 is 0 Å². The first-order valence-electron chi connectivity index (χ1n) is 7.95. The monoisotopic (exact) mass is 273 g/mol. The van der Waals surface area contributed by atoms with Crippen LogP contribution in [-0.2, 0) is 0 Å². The molecule has 1 aromatic carbocycles. The Morgan fingerprint density at radius 3 is 2.35 bits per heavy atom. The molecule has 1 aliphatic rings. The van der Waals surface area contributed by atoms with Crippen LogP contribution in [0.1, 0.15) is 66.9 Å². The molecule has 0 heterocycles. The van der Waals surface area contributed by atoms with E-state index in [0.717, 1.165) is 5.56 Å². The summed E-state index contributed by atoms with van der Waals surface area (Å²) in [5.41, 5.74) is 3.27. The van der Waals surface area contributed by atoms with Gasteiger partial charge in [-0.3, -0.25) is 4.79 Å². The molecule has 2 rings (SSSR count). The molecule has 0 aliphatic heterocycles. The van der Waals surface area contributed by atoms with Gasteiger partial charge in [-0.05, 0) is 50.8 Å². The van der Waals surface area contributed by atoms with E-state index in [1.807, 2.05) is 25.1 Å². The maximum atomic E-state index is 12.5. The van der Waals surface area contributed by atoms with E-state index in [0.29, 0.717) is 6.04 Å². The van der Waals surface area contributed by atoms with Crippen molar-refractivity contribution in [3.05, 3.63) is 34.9 Å². The zero-order chi connectivity index (χ0) is 14.5. The molecule has 20 heavy (non-hydrogen) atoms. The lowest BCUT2D eigenvalue weighted by molar-refractivity contribution is 0.0942. The number of carbonyl (C=O) groups is 1. The molecule has 1 N–H and O–H groups in total. The maximum Gasteiger partial charge on any atom is 0.179 e. The molecule has 1 unspecified atom stereocenters. The van der Waals surface area contributed by atoms with Gasteiger partial charge < -0.3 is 5.32 Å². The van der Waals surface area contributed by atoms with Crippen molar-refractivity contribution in [3.8, 4) is 0 Å². The summed E-state index contributed by atoms with van der Waals surface area (Å²) in [6, 6.07) is 6.45. The predicted molar refractivity (Wildman–Crippen MR) is 84.3 cm³/mol. The second-order valence-corrected chi connectivity index (χ2v) is 6.24. The molecule has 0 radical (unpaired) electrons. The fourth-order valence-corrected chi connectivity index (χ4v) is 3.02. The minimum atomic E-state index is -0.0831. The van der Waals surface area contributed by atoms with Crippen molar-refractivity contribution < 1.29 is 4.79 Å². The topological polar surface area (TPSA) is 29.1 Å². The predicted octanol–water partition coefficient (Wildman–Crippen LogP) is 4.19. The van der Waals surface area contributed by atoms with Crippen molar-refractivity contribution in [2.24, 2.45) is 0 Å². The summed E-state index contributed by atoms with van der Waals surface area (Å²) in [7, 11) is 0. The molecule has 0 saturated heterocycles. The molecule has 0 amide bonds. The molecular weight excluding hydrogens is 246 g/mol. The van der Waals surface area contributed by atoms with E-state index in [-0.39, 0.29) is 11.8 Å². The van der Waals surface area contributed by atoms with Gasteiger partial charge in [0, 0.05) is 11.6 Å². The van der Waals surface area contributed by atoms with Gasteiger partial charge in [0.15, 0.2) is 5.78 Å². The first kappa shape index (κ1) is 15.2. The highest BCUT2D eigenvalue weighted by Crippen LogP contribution is 2.18. The van der Waals surface area contributed by atoms with Crippen LogP contribution in [0.4, 0.5) is 0 Å². The standard InChI is InChI=1S/C18H27NO/c1-13-10-11-16(12-14(13)2)18(20)15(3)19-17-8-6-4-5-7-9-17/h10-12,15,17,19H,4-9H2,1-3H3. The summed E-state index contributed by atoms with van der Waals surface area (Å²) in [5, 5.41) is 3.54. The van der Waals surface area contributed by atoms with Gasteiger partial charge in [0.25, 0.3) is 0 Å². The lowest BCUT2D eigenvalue weighted by Crippen LogP contribution is -2.41. The summed E-state index contributed by atoms with van der Waals surface area (Å²) >= 11 is 0. The average molecular weight is 273 g/mol. The van der Waals surface area contributed by atoms with Crippen LogP contribution in [-0.4, -0.2) is 17.9 Å². The van der Waals surface area contributed by atoms with Crippen LogP contribution in [0.25, 0.3) is 0 Å². The Kier molecular flexibility index (Phi) is 5.36. The van der Waals surface area contributed by atoms with E-state index in [1.54, 1.807) is 0 Å². The highest BCUT2D eigenvalue weighted by atomic mass is 16.1. The van der Waals surface area contributed by atoms with Gasteiger partial charge in [0.05, 0.1) is 6.04 Å². The molecule has 2 nitrogen and oxygen atoms in total. The van der Waals surface area contributed by atoms with Crippen LogP contribution in [0.15, 0.2) is 18.2 Å². The number of rotatable bonds is 4. The van der Waals surface area contributed by atoms with Gasteiger partial charge in [-0.15, -0.1) is 0 Å². The van der Waals surface area contributed by atoms with Gasteiger partial charge in [0.1, 0.15) is 0 Å². The van der Waals surface area contributed by atoms with Crippen LogP contribution in [0.3, 0.4) is 0 Å². The minimum absolute atomic E-state index is 0.0831. The Balaban J connectivity index is 1.98. The summed E-state index contributed by atoms with van der Waals surface area (Å²) in [4.78, 5) is 12.5. The van der Waals surface area contributed by atoms with Gasteiger partial charge in [-0.1, -0.05) is 37.8 Å². The van der Waals surface area contributed by atoms with Crippen LogP contribution >= 0.6 is 0 Å². The minimum Gasteiger partial charge on any atom is -0.305 e. The second-order valence-electron chi connectivity index (χ2n) is 6.24. The van der Waals surface area contributed by atoms with Crippen LogP contribution in [0, 0.1) is 13.8 Å². The van der Waals surface area contributed by atoms with Gasteiger partial charge in [-0.2, -0.15) is 0 Å². The Morgan fingerprint density at radius 1 is 1.10 bits per heavy atom. The number of Topliss-reactive ketones (excluding diaryl/α,β-unsaturated/α-hetero) is 1.